The van der Waals surface area contributed by atoms with Crippen LogP contribution in [0.1, 0.15) is 49.7 Å². The number of carbonyl (C=O) groups excluding carboxylic acids is 2. The maximum atomic E-state index is 12.9. The SMILES string of the molecule is O=C(CCCCC1=Cc2ccccc2C1)C1SCN[C@@H]1C(=O)N1CCC[C@H]1CO. The molecule has 1 aromatic rings. The number of fused-ring (bicyclic) bond motifs is 1. The predicted molar refractivity (Wildman–Crippen MR) is 117 cm³/mol. The van der Waals surface area contributed by atoms with E-state index in [0.717, 1.165) is 38.5 Å². The van der Waals surface area contributed by atoms with Crippen LogP contribution in [0.25, 0.3) is 6.08 Å². The molecule has 0 spiro atoms. The summed E-state index contributed by atoms with van der Waals surface area (Å²) in [5, 5.41) is 12.4. The summed E-state index contributed by atoms with van der Waals surface area (Å²) in [6, 6.07) is 7.98. The van der Waals surface area contributed by atoms with Gasteiger partial charge in [0.15, 0.2) is 0 Å². The largest absolute Gasteiger partial charge is 0.394 e. The standard InChI is InChI=1S/C23H30N2O3S/c26-14-19-9-5-11-25(19)23(28)21-22(29-15-24-21)20(27)10-4-1-6-16-12-17-7-2-3-8-18(17)13-16/h2-3,7-8,12,19,21-22,24,26H,1,4-6,9-11,13-15H2/t19-,21-,22?/m0/s1. The Balaban J connectivity index is 1.24. The van der Waals surface area contributed by atoms with E-state index in [0.29, 0.717) is 18.8 Å². The lowest BCUT2D eigenvalue weighted by Gasteiger charge is -2.28. The zero-order valence-corrected chi connectivity index (χ0v) is 17.6. The Kier molecular flexibility index (Phi) is 6.73. The molecule has 6 heteroatoms. The first-order valence-electron chi connectivity index (χ1n) is 10.7. The minimum atomic E-state index is -0.438. The molecule has 2 aliphatic heterocycles. The van der Waals surface area contributed by atoms with Gasteiger partial charge in [0.1, 0.15) is 11.8 Å². The van der Waals surface area contributed by atoms with E-state index in [-0.39, 0.29) is 29.6 Å². The lowest BCUT2D eigenvalue weighted by molar-refractivity contribution is -0.136. The second-order valence-electron chi connectivity index (χ2n) is 8.28. The number of rotatable bonds is 8. The van der Waals surface area contributed by atoms with Gasteiger partial charge in [-0.15, -0.1) is 11.8 Å². The Morgan fingerprint density at radius 1 is 1.24 bits per heavy atom. The van der Waals surface area contributed by atoms with Gasteiger partial charge in [0.05, 0.1) is 17.9 Å². The summed E-state index contributed by atoms with van der Waals surface area (Å²) < 4.78 is 0. The average Bonchev–Trinajstić information content (AvgIpc) is 3.48. The van der Waals surface area contributed by atoms with E-state index in [1.807, 2.05) is 0 Å². The minimum absolute atomic E-state index is 0.00390. The fourth-order valence-electron chi connectivity index (χ4n) is 4.73. The number of nitrogens with one attached hydrogen (secondary N) is 1. The summed E-state index contributed by atoms with van der Waals surface area (Å²) in [7, 11) is 0. The molecule has 0 radical (unpaired) electrons. The number of hydrogen-bond donors (Lipinski definition) is 2. The lowest BCUT2D eigenvalue weighted by Crippen LogP contribution is -2.51. The van der Waals surface area contributed by atoms with Crippen LogP contribution >= 0.6 is 11.8 Å². The smallest absolute Gasteiger partial charge is 0.241 e. The van der Waals surface area contributed by atoms with Gasteiger partial charge in [-0.1, -0.05) is 35.9 Å². The van der Waals surface area contributed by atoms with Crippen molar-refractivity contribution in [2.45, 2.75) is 62.3 Å². The molecule has 5 nitrogen and oxygen atoms in total. The lowest BCUT2D eigenvalue weighted by atomic mass is 10.0. The van der Waals surface area contributed by atoms with Crippen LogP contribution in [0.2, 0.25) is 0 Å². The molecule has 0 bridgehead atoms. The Labute approximate surface area is 176 Å². The number of carbonyl (C=O) groups is 2. The van der Waals surface area contributed by atoms with Gasteiger partial charge in [0.2, 0.25) is 5.91 Å². The van der Waals surface area contributed by atoms with Crippen LogP contribution in [0.5, 0.6) is 0 Å². The van der Waals surface area contributed by atoms with Crippen LogP contribution < -0.4 is 5.32 Å². The molecule has 0 saturated carbocycles. The highest BCUT2D eigenvalue weighted by Gasteiger charge is 2.42. The highest BCUT2D eigenvalue weighted by Crippen LogP contribution is 2.30. The Morgan fingerprint density at radius 2 is 2.10 bits per heavy atom. The quantitative estimate of drug-likeness (QED) is 0.640. The predicted octanol–water partition coefficient (Wildman–Crippen LogP) is 2.77. The number of benzene rings is 1. The molecular weight excluding hydrogens is 384 g/mol. The van der Waals surface area contributed by atoms with Gasteiger partial charge in [-0.05, 0) is 49.7 Å². The van der Waals surface area contributed by atoms with E-state index >= 15 is 0 Å². The summed E-state index contributed by atoms with van der Waals surface area (Å²) in [6.07, 6.45) is 8.54. The second-order valence-corrected chi connectivity index (χ2v) is 9.41. The number of thioether (sulfide) groups is 1. The van der Waals surface area contributed by atoms with Crippen molar-refractivity contribution in [2.24, 2.45) is 0 Å². The number of Topliss-reactive ketones (excluding diaryl/α,β-unsaturated/α-hetero) is 1. The van der Waals surface area contributed by atoms with Crippen molar-refractivity contribution in [3.63, 3.8) is 0 Å². The molecular formula is C23H30N2O3S. The van der Waals surface area contributed by atoms with Gasteiger partial charge >= 0.3 is 0 Å². The van der Waals surface area contributed by atoms with Crippen LogP contribution in [-0.4, -0.2) is 58.1 Å². The van der Waals surface area contributed by atoms with Gasteiger partial charge in [0.25, 0.3) is 0 Å². The first-order valence-corrected chi connectivity index (χ1v) is 11.8. The maximum absolute atomic E-state index is 12.9. The first-order chi connectivity index (χ1) is 14.2. The van der Waals surface area contributed by atoms with E-state index < -0.39 is 6.04 Å². The Bertz CT molecular complexity index is 794. The summed E-state index contributed by atoms with van der Waals surface area (Å²) >= 11 is 1.55. The summed E-state index contributed by atoms with van der Waals surface area (Å²) in [5.74, 6) is 0.802. The number of aliphatic hydroxyl groups excluding tert-OH is 1. The third-order valence-electron chi connectivity index (χ3n) is 6.33. The summed E-state index contributed by atoms with van der Waals surface area (Å²) in [4.78, 5) is 27.5. The molecule has 2 saturated heterocycles. The molecule has 1 aromatic carbocycles. The molecule has 0 aromatic heterocycles. The molecule has 2 N–H and O–H groups in total. The topological polar surface area (TPSA) is 69.6 Å². The first kappa shape index (κ1) is 20.6. The number of ketones is 1. The number of likely N-dealkylation sites (tertiary alicyclic amines) is 1. The Morgan fingerprint density at radius 3 is 2.93 bits per heavy atom. The Hall–Kier alpha value is -1.63. The van der Waals surface area contributed by atoms with E-state index in [4.69, 9.17) is 0 Å². The molecule has 4 rings (SSSR count). The summed E-state index contributed by atoms with van der Waals surface area (Å²) in [6.45, 7) is 0.690. The molecule has 1 unspecified atom stereocenters. The van der Waals surface area contributed by atoms with E-state index in [1.54, 1.807) is 16.7 Å². The van der Waals surface area contributed by atoms with Crippen LogP contribution in [0.4, 0.5) is 0 Å². The van der Waals surface area contributed by atoms with E-state index in [9.17, 15) is 14.7 Å². The van der Waals surface area contributed by atoms with Gasteiger partial charge in [-0.3, -0.25) is 14.9 Å². The fraction of sp³-hybridized carbons (Fsp3) is 0.565. The highest BCUT2D eigenvalue weighted by atomic mass is 32.2. The van der Waals surface area contributed by atoms with Crippen molar-refractivity contribution >= 4 is 29.5 Å². The van der Waals surface area contributed by atoms with E-state index in [1.165, 1.54) is 16.7 Å². The minimum Gasteiger partial charge on any atom is -0.394 e. The molecule has 29 heavy (non-hydrogen) atoms. The monoisotopic (exact) mass is 414 g/mol. The molecule has 2 fully saturated rings. The van der Waals surface area contributed by atoms with Crippen molar-refractivity contribution in [3.8, 4) is 0 Å². The van der Waals surface area contributed by atoms with Crippen molar-refractivity contribution in [3.05, 3.63) is 41.0 Å². The molecule has 1 aliphatic carbocycles. The molecule has 3 aliphatic rings. The molecule has 2 heterocycles. The third-order valence-corrected chi connectivity index (χ3v) is 7.55. The van der Waals surface area contributed by atoms with Crippen LogP contribution in [0.15, 0.2) is 29.8 Å². The number of allylic oxidation sites excluding steroid dienone is 1. The van der Waals surface area contributed by atoms with Gasteiger partial charge in [-0.2, -0.15) is 0 Å². The van der Waals surface area contributed by atoms with Crippen LogP contribution in [0.3, 0.4) is 0 Å². The number of aliphatic hydroxyl groups is 1. The average molecular weight is 415 g/mol. The molecule has 1 amide bonds. The normalized spacial score (nSPS) is 25.9. The number of hydrogen-bond acceptors (Lipinski definition) is 5. The molecule has 3 atom stereocenters. The fourth-order valence-corrected chi connectivity index (χ4v) is 5.89. The van der Waals surface area contributed by atoms with Gasteiger partial charge in [-0.25, -0.2) is 0 Å². The van der Waals surface area contributed by atoms with Crippen LogP contribution in [0, 0.1) is 0 Å². The number of unbranched alkanes of at least 4 members (excludes halogenated alkanes) is 1. The van der Waals surface area contributed by atoms with Crippen LogP contribution in [-0.2, 0) is 16.0 Å². The summed E-state index contributed by atoms with van der Waals surface area (Å²) in [5.41, 5.74) is 4.18. The number of amides is 1. The zero-order valence-electron chi connectivity index (χ0n) is 16.8. The third kappa shape index (κ3) is 4.60. The van der Waals surface area contributed by atoms with Crippen molar-refractivity contribution in [1.82, 2.24) is 10.2 Å². The van der Waals surface area contributed by atoms with Crippen molar-refractivity contribution < 1.29 is 14.7 Å². The van der Waals surface area contributed by atoms with Gasteiger partial charge < -0.3 is 10.0 Å². The van der Waals surface area contributed by atoms with Crippen molar-refractivity contribution in [1.29, 1.82) is 0 Å². The van der Waals surface area contributed by atoms with Gasteiger partial charge in [0, 0.05) is 18.8 Å². The maximum Gasteiger partial charge on any atom is 0.241 e. The highest BCUT2D eigenvalue weighted by molar-refractivity contribution is 8.00. The second kappa shape index (κ2) is 9.45. The van der Waals surface area contributed by atoms with E-state index in [2.05, 4.69) is 35.7 Å². The molecule has 156 valence electrons. The van der Waals surface area contributed by atoms with Crippen molar-refractivity contribution in [2.75, 3.05) is 19.0 Å². The number of nitrogens with zero attached hydrogens (tertiary/aromatic N) is 1. The zero-order chi connectivity index (χ0) is 20.2.